The monoisotopic (exact) mass is 324 g/mol. The summed E-state index contributed by atoms with van der Waals surface area (Å²) in [6.07, 6.45) is 0.695. The van der Waals surface area contributed by atoms with E-state index in [1.54, 1.807) is 19.2 Å². The molecule has 0 unspecified atom stereocenters. The summed E-state index contributed by atoms with van der Waals surface area (Å²) in [5, 5.41) is 19.4. The van der Waals surface area contributed by atoms with Crippen molar-refractivity contribution in [2.45, 2.75) is 13.3 Å². The highest BCUT2D eigenvalue weighted by Crippen LogP contribution is 2.26. The van der Waals surface area contributed by atoms with E-state index >= 15 is 0 Å². The predicted molar refractivity (Wildman–Crippen MR) is 89.4 cm³/mol. The molecule has 1 heterocycles. The zero-order valence-electron chi connectivity index (χ0n) is 13.3. The van der Waals surface area contributed by atoms with Crippen molar-refractivity contribution in [3.8, 4) is 22.8 Å². The molecular formula is C17H16N4O3. The minimum absolute atomic E-state index is 0.0517. The van der Waals surface area contributed by atoms with Crippen LogP contribution in [0, 0.1) is 10.1 Å². The number of nitro groups is 1. The van der Waals surface area contributed by atoms with Gasteiger partial charge in [0.2, 0.25) is 0 Å². The number of rotatable bonds is 5. The first kappa shape index (κ1) is 15.7. The summed E-state index contributed by atoms with van der Waals surface area (Å²) in [6, 6.07) is 13.9. The van der Waals surface area contributed by atoms with Crippen LogP contribution < -0.4 is 4.74 Å². The predicted octanol–water partition coefficient (Wildman–Crippen LogP) is 3.41. The highest BCUT2D eigenvalue weighted by atomic mass is 16.6. The Kier molecular flexibility index (Phi) is 4.24. The zero-order valence-corrected chi connectivity index (χ0v) is 13.3. The standard InChI is InChI=1S/C17H16N4O3/c1-3-16-18-19-17(12-4-10-15(24-2)11-5-12)20(16)13-6-8-14(9-7-13)21(22)23/h4-11H,3H2,1-2H3. The maximum atomic E-state index is 10.8. The Balaban J connectivity index is 2.08. The SMILES string of the molecule is CCc1nnc(-c2ccc(OC)cc2)n1-c1ccc([N+](=O)[O-])cc1. The van der Waals surface area contributed by atoms with E-state index in [0.29, 0.717) is 12.2 Å². The van der Waals surface area contributed by atoms with Gasteiger partial charge in [-0.2, -0.15) is 0 Å². The lowest BCUT2D eigenvalue weighted by Crippen LogP contribution is -2.02. The third-order valence-corrected chi connectivity index (χ3v) is 3.71. The maximum absolute atomic E-state index is 10.8. The zero-order chi connectivity index (χ0) is 17.1. The fourth-order valence-corrected chi connectivity index (χ4v) is 2.47. The molecule has 0 saturated heterocycles. The fraction of sp³-hybridized carbons (Fsp3) is 0.176. The minimum Gasteiger partial charge on any atom is -0.497 e. The van der Waals surface area contributed by atoms with Crippen LogP contribution in [-0.2, 0) is 6.42 Å². The molecule has 0 saturated carbocycles. The molecule has 24 heavy (non-hydrogen) atoms. The second kappa shape index (κ2) is 6.49. The lowest BCUT2D eigenvalue weighted by Gasteiger charge is -2.10. The Hall–Kier alpha value is -3.22. The average molecular weight is 324 g/mol. The van der Waals surface area contributed by atoms with Crippen molar-refractivity contribution in [2.75, 3.05) is 7.11 Å². The molecular weight excluding hydrogens is 308 g/mol. The highest BCUT2D eigenvalue weighted by Gasteiger charge is 2.15. The quantitative estimate of drug-likeness (QED) is 0.530. The molecule has 7 nitrogen and oxygen atoms in total. The number of aromatic nitrogens is 3. The van der Waals surface area contributed by atoms with Gasteiger partial charge in [-0.05, 0) is 36.4 Å². The second-order valence-corrected chi connectivity index (χ2v) is 5.13. The molecule has 2 aromatic carbocycles. The molecule has 0 aliphatic carbocycles. The second-order valence-electron chi connectivity index (χ2n) is 5.13. The van der Waals surface area contributed by atoms with Gasteiger partial charge in [0.15, 0.2) is 5.82 Å². The minimum atomic E-state index is -0.416. The number of aryl methyl sites for hydroxylation is 1. The Morgan fingerprint density at radius 2 is 1.75 bits per heavy atom. The van der Waals surface area contributed by atoms with Crippen molar-refractivity contribution in [2.24, 2.45) is 0 Å². The summed E-state index contributed by atoms with van der Waals surface area (Å²) in [5.41, 5.74) is 1.73. The molecule has 122 valence electrons. The van der Waals surface area contributed by atoms with Crippen LogP contribution in [0.5, 0.6) is 5.75 Å². The first-order chi connectivity index (χ1) is 11.6. The van der Waals surface area contributed by atoms with Gasteiger partial charge in [0.1, 0.15) is 11.6 Å². The molecule has 3 rings (SSSR count). The van der Waals surface area contributed by atoms with Crippen LogP contribution in [0.15, 0.2) is 48.5 Å². The van der Waals surface area contributed by atoms with Gasteiger partial charge in [-0.1, -0.05) is 6.92 Å². The van der Waals surface area contributed by atoms with Crippen LogP contribution in [0.25, 0.3) is 17.1 Å². The van der Waals surface area contributed by atoms with Crippen molar-refractivity contribution >= 4 is 5.69 Å². The number of ether oxygens (including phenoxy) is 1. The molecule has 3 aromatic rings. The molecule has 0 spiro atoms. The summed E-state index contributed by atoms with van der Waals surface area (Å²) in [5.74, 6) is 2.23. The molecule has 7 heteroatoms. The van der Waals surface area contributed by atoms with E-state index in [-0.39, 0.29) is 5.69 Å². The summed E-state index contributed by atoms with van der Waals surface area (Å²) < 4.78 is 7.08. The van der Waals surface area contributed by atoms with Crippen molar-refractivity contribution in [1.29, 1.82) is 0 Å². The smallest absolute Gasteiger partial charge is 0.269 e. The van der Waals surface area contributed by atoms with Crippen molar-refractivity contribution in [3.63, 3.8) is 0 Å². The van der Waals surface area contributed by atoms with Gasteiger partial charge in [-0.15, -0.1) is 10.2 Å². The number of benzene rings is 2. The molecule has 0 fully saturated rings. The number of methoxy groups -OCH3 is 1. The van der Waals surface area contributed by atoms with E-state index in [2.05, 4.69) is 10.2 Å². The fourth-order valence-electron chi connectivity index (χ4n) is 2.47. The van der Waals surface area contributed by atoms with Gasteiger partial charge in [-0.25, -0.2) is 0 Å². The lowest BCUT2D eigenvalue weighted by atomic mass is 10.2. The Bertz CT molecular complexity index is 855. The van der Waals surface area contributed by atoms with Gasteiger partial charge in [0.05, 0.1) is 12.0 Å². The van der Waals surface area contributed by atoms with E-state index in [9.17, 15) is 10.1 Å². The Labute approximate surface area is 138 Å². The summed E-state index contributed by atoms with van der Waals surface area (Å²) >= 11 is 0. The van der Waals surface area contributed by atoms with E-state index in [1.165, 1.54) is 12.1 Å². The van der Waals surface area contributed by atoms with Gasteiger partial charge in [-0.3, -0.25) is 14.7 Å². The maximum Gasteiger partial charge on any atom is 0.269 e. The first-order valence-electron chi connectivity index (χ1n) is 7.47. The van der Waals surface area contributed by atoms with E-state index in [1.807, 2.05) is 35.8 Å². The van der Waals surface area contributed by atoms with E-state index in [4.69, 9.17) is 4.74 Å². The van der Waals surface area contributed by atoms with Gasteiger partial charge < -0.3 is 4.74 Å². The molecule has 0 atom stereocenters. The highest BCUT2D eigenvalue weighted by molar-refractivity contribution is 5.60. The molecule has 0 aliphatic rings. The molecule has 0 bridgehead atoms. The van der Waals surface area contributed by atoms with Crippen molar-refractivity contribution in [3.05, 3.63) is 64.5 Å². The third-order valence-electron chi connectivity index (χ3n) is 3.71. The average Bonchev–Trinajstić information content (AvgIpc) is 3.06. The molecule has 0 amide bonds. The lowest BCUT2D eigenvalue weighted by molar-refractivity contribution is -0.384. The van der Waals surface area contributed by atoms with Gasteiger partial charge in [0, 0.05) is 29.8 Å². The van der Waals surface area contributed by atoms with Crippen LogP contribution >= 0.6 is 0 Å². The number of nitrogens with zero attached hydrogens (tertiary/aromatic N) is 4. The van der Waals surface area contributed by atoms with Gasteiger partial charge in [0.25, 0.3) is 5.69 Å². The van der Waals surface area contributed by atoms with Crippen LogP contribution in [0.4, 0.5) is 5.69 Å². The summed E-state index contributed by atoms with van der Waals surface area (Å²) in [7, 11) is 1.61. The molecule has 1 aromatic heterocycles. The van der Waals surface area contributed by atoms with E-state index in [0.717, 1.165) is 22.8 Å². The van der Waals surface area contributed by atoms with Crippen LogP contribution in [0.1, 0.15) is 12.7 Å². The largest absolute Gasteiger partial charge is 0.497 e. The molecule has 0 N–H and O–H groups in total. The summed E-state index contributed by atoms with van der Waals surface area (Å²) in [6.45, 7) is 1.99. The number of non-ortho nitro benzene ring substituents is 1. The molecule has 0 aliphatic heterocycles. The van der Waals surface area contributed by atoms with Crippen molar-refractivity contribution < 1.29 is 9.66 Å². The summed E-state index contributed by atoms with van der Waals surface area (Å²) in [4.78, 5) is 10.4. The van der Waals surface area contributed by atoms with Crippen LogP contribution in [-0.4, -0.2) is 26.8 Å². The van der Waals surface area contributed by atoms with Crippen molar-refractivity contribution in [1.82, 2.24) is 14.8 Å². The number of nitro benzene ring substituents is 1. The number of hydrogen-bond donors (Lipinski definition) is 0. The van der Waals surface area contributed by atoms with Crippen LogP contribution in [0.3, 0.4) is 0 Å². The number of hydrogen-bond acceptors (Lipinski definition) is 5. The first-order valence-corrected chi connectivity index (χ1v) is 7.47. The van der Waals surface area contributed by atoms with E-state index < -0.39 is 4.92 Å². The molecule has 0 radical (unpaired) electrons. The Morgan fingerprint density at radius 3 is 2.29 bits per heavy atom. The third kappa shape index (κ3) is 2.83. The Morgan fingerprint density at radius 1 is 1.08 bits per heavy atom. The topological polar surface area (TPSA) is 83.1 Å². The van der Waals surface area contributed by atoms with Crippen LogP contribution in [0.2, 0.25) is 0 Å². The normalized spacial score (nSPS) is 10.6. The van der Waals surface area contributed by atoms with Gasteiger partial charge >= 0.3 is 0 Å².